The molecule has 0 saturated carbocycles. The van der Waals surface area contributed by atoms with Crippen molar-refractivity contribution in [2.75, 3.05) is 18.1 Å². The molecule has 0 aromatic heterocycles. The van der Waals surface area contributed by atoms with Crippen LogP contribution in [-0.2, 0) is 21.2 Å². The molecule has 8 nitrogen and oxygen atoms in total. The Labute approximate surface area is 170 Å². The quantitative estimate of drug-likeness (QED) is 0.676. The largest absolute Gasteiger partial charge is 0.352 e. The summed E-state index contributed by atoms with van der Waals surface area (Å²) in [5.41, 5.74) is 0.120. The molecule has 0 aliphatic carbocycles. The molecule has 3 rings (SSSR count). The molecule has 2 N–H and O–H groups in total. The maximum absolute atomic E-state index is 12.8. The number of urea groups is 1. The zero-order chi connectivity index (χ0) is 21.2. The summed E-state index contributed by atoms with van der Waals surface area (Å²) in [6.07, 6.45) is 1.11. The monoisotopic (exact) mass is 421 g/mol. The Morgan fingerprint density at radius 1 is 1.17 bits per heavy atom. The van der Waals surface area contributed by atoms with E-state index in [-0.39, 0.29) is 42.7 Å². The first-order valence-corrected chi connectivity index (χ1v) is 11.7. The van der Waals surface area contributed by atoms with E-state index in [0.29, 0.717) is 23.6 Å². The molecule has 0 atom stereocenters. The predicted molar refractivity (Wildman–Crippen MR) is 108 cm³/mol. The Morgan fingerprint density at radius 2 is 1.79 bits per heavy atom. The van der Waals surface area contributed by atoms with Crippen molar-refractivity contribution in [3.8, 4) is 0 Å². The Kier molecular flexibility index (Phi) is 5.97. The average Bonchev–Trinajstić information content (AvgIpc) is 2.89. The number of benzene rings is 1. The minimum absolute atomic E-state index is 0.0778. The lowest BCUT2D eigenvalue weighted by molar-refractivity contribution is -0.132. The van der Waals surface area contributed by atoms with E-state index < -0.39 is 21.4 Å². The molecule has 0 bridgehead atoms. The average molecular weight is 422 g/mol. The van der Waals surface area contributed by atoms with Crippen LogP contribution in [0.1, 0.15) is 49.0 Å². The van der Waals surface area contributed by atoms with Crippen LogP contribution in [0.4, 0.5) is 4.79 Å². The summed E-state index contributed by atoms with van der Waals surface area (Å²) in [7, 11) is -3.15. The second-order valence-corrected chi connectivity index (χ2v) is 10.5. The molecule has 9 heteroatoms. The molecule has 29 heavy (non-hydrogen) atoms. The van der Waals surface area contributed by atoms with E-state index in [2.05, 4.69) is 24.5 Å². The lowest BCUT2D eigenvalue weighted by atomic mass is 9.92. The number of amides is 4. The van der Waals surface area contributed by atoms with E-state index in [1.54, 1.807) is 24.3 Å². The zero-order valence-corrected chi connectivity index (χ0v) is 17.5. The van der Waals surface area contributed by atoms with Crippen LogP contribution in [0.2, 0.25) is 0 Å². The highest BCUT2D eigenvalue weighted by Gasteiger charge is 2.53. The molecule has 2 saturated heterocycles. The molecular formula is C20H27N3O5S. The van der Waals surface area contributed by atoms with E-state index >= 15 is 0 Å². The van der Waals surface area contributed by atoms with Gasteiger partial charge in [-0.2, -0.15) is 0 Å². The summed E-state index contributed by atoms with van der Waals surface area (Å²) in [6, 6.07) is 6.26. The van der Waals surface area contributed by atoms with Gasteiger partial charge in [0, 0.05) is 12.1 Å². The number of nitrogens with zero attached hydrogens (tertiary/aromatic N) is 1. The maximum Gasteiger partial charge on any atom is 0.325 e. The van der Waals surface area contributed by atoms with Crippen molar-refractivity contribution in [3.63, 3.8) is 0 Å². The molecule has 2 aliphatic rings. The van der Waals surface area contributed by atoms with Crippen LogP contribution < -0.4 is 10.6 Å². The fourth-order valence-corrected chi connectivity index (χ4v) is 5.09. The van der Waals surface area contributed by atoms with Crippen LogP contribution in [0.15, 0.2) is 24.3 Å². The highest BCUT2D eigenvalue weighted by molar-refractivity contribution is 7.91. The van der Waals surface area contributed by atoms with Gasteiger partial charge in [-0.15, -0.1) is 0 Å². The predicted octanol–water partition coefficient (Wildman–Crippen LogP) is 1.46. The summed E-state index contributed by atoms with van der Waals surface area (Å²) in [5, 5.41) is 5.56. The number of rotatable bonds is 6. The number of hydrogen-bond acceptors (Lipinski definition) is 5. The van der Waals surface area contributed by atoms with Crippen LogP contribution in [-0.4, -0.2) is 54.8 Å². The molecule has 1 aromatic carbocycles. The summed E-state index contributed by atoms with van der Waals surface area (Å²) in [6.45, 7) is 4.87. The SMILES string of the molecule is CC(C)CCNC(=O)c1ccc(CN2C(=O)NC3(CCS(=O)(=O)CC3)C2=O)cc1. The van der Waals surface area contributed by atoms with E-state index in [4.69, 9.17) is 0 Å². The summed E-state index contributed by atoms with van der Waals surface area (Å²) in [4.78, 5) is 38.5. The Hall–Kier alpha value is -2.42. The minimum atomic E-state index is -3.15. The van der Waals surface area contributed by atoms with Crippen LogP contribution in [0.25, 0.3) is 0 Å². The first-order valence-electron chi connectivity index (χ1n) is 9.84. The van der Waals surface area contributed by atoms with Gasteiger partial charge >= 0.3 is 6.03 Å². The molecule has 2 aliphatic heterocycles. The summed E-state index contributed by atoms with van der Waals surface area (Å²) >= 11 is 0. The first kappa shape index (κ1) is 21.3. The van der Waals surface area contributed by atoms with Crippen molar-refractivity contribution in [2.45, 2.75) is 45.2 Å². The van der Waals surface area contributed by atoms with Crippen LogP contribution in [0.3, 0.4) is 0 Å². The third-order valence-corrected chi connectivity index (χ3v) is 7.14. The maximum atomic E-state index is 12.8. The molecule has 0 radical (unpaired) electrons. The second kappa shape index (κ2) is 8.14. The van der Waals surface area contributed by atoms with E-state index in [9.17, 15) is 22.8 Å². The minimum Gasteiger partial charge on any atom is -0.352 e. The smallest absolute Gasteiger partial charge is 0.325 e. The molecule has 158 valence electrons. The van der Waals surface area contributed by atoms with Crippen molar-refractivity contribution < 1.29 is 22.8 Å². The van der Waals surface area contributed by atoms with Crippen molar-refractivity contribution in [3.05, 3.63) is 35.4 Å². The topological polar surface area (TPSA) is 113 Å². The standard InChI is InChI=1S/C20H27N3O5S/c1-14(2)7-10-21-17(24)16-5-3-15(4-6-16)13-23-18(25)20(22-19(23)26)8-11-29(27,28)12-9-20/h3-6,14H,7-13H2,1-2H3,(H,21,24)(H,22,26). The third-order valence-electron chi connectivity index (χ3n) is 5.49. The van der Waals surface area contributed by atoms with Crippen molar-refractivity contribution in [1.82, 2.24) is 15.5 Å². The number of sulfone groups is 1. The normalized spacial score (nSPS) is 20.2. The molecule has 1 aromatic rings. The van der Waals surface area contributed by atoms with Crippen molar-refractivity contribution >= 4 is 27.7 Å². The lowest BCUT2D eigenvalue weighted by Crippen LogP contribution is -2.52. The molecule has 2 fully saturated rings. The zero-order valence-electron chi connectivity index (χ0n) is 16.7. The molecule has 1 spiro atoms. The van der Waals surface area contributed by atoms with Crippen molar-refractivity contribution in [2.24, 2.45) is 5.92 Å². The van der Waals surface area contributed by atoms with Gasteiger partial charge in [0.2, 0.25) is 0 Å². The highest BCUT2D eigenvalue weighted by Crippen LogP contribution is 2.31. The highest BCUT2D eigenvalue weighted by atomic mass is 32.2. The van der Waals surface area contributed by atoms with E-state index in [1.165, 1.54) is 0 Å². The number of imide groups is 1. The Balaban J connectivity index is 1.62. The van der Waals surface area contributed by atoms with Gasteiger partial charge in [0.25, 0.3) is 11.8 Å². The molecule has 2 heterocycles. The number of carbonyl (C=O) groups is 3. The van der Waals surface area contributed by atoms with Gasteiger partial charge in [0.1, 0.15) is 5.54 Å². The van der Waals surface area contributed by atoms with Gasteiger partial charge in [0.15, 0.2) is 9.84 Å². The third kappa shape index (κ3) is 4.77. The molecule has 4 amide bonds. The van der Waals surface area contributed by atoms with Gasteiger partial charge < -0.3 is 10.6 Å². The summed E-state index contributed by atoms with van der Waals surface area (Å²) < 4.78 is 23.3. The van der Waals surface area contributed by atoms with Crippen molar-refractivity contribution in [1.29, 1.82) is 0 Å². The van der Waals surface area contributed by atoms with E-state index in [1.807, 2.05) is 0 Å². The van der Waals surface area contributed by atoms with Crippen LogP contribution in [0.5, 0.6) is 0 Å². The van der Waals surface area contributed by atoms with Gasteiger partial charge in [-0.25, -0.2) is 13.2 Å². The first-order chi connectivity index (χ1) is 13.6. The number of carbonyl (C=O) groups excluding carboxylic acids is 3. The molecular weight excluding hydrogens is 394 g/mol. The summed E-state index contributed by atoms with van der Waals surface area (Å²) in [5.74, 6) is -0.238. The van der Waals surface area contributed by atoms with Crippen LogP contribution in [0, 0.1) is 5.92 Å². The molecule has 0 unspecified atom stereocenters. The Morgan fingerprint density at radius 3 is 2.38 bits per heavy atom. The lowest BCUT2D eigenvalue weighted by Gasteiger charge is -2.30. The van der Waals surface area contributed by atoms with Crippen LogP contribution >= 0.6 is 0 Å². The fraction of sp³-hybridized carbons (Fsp3) is 0.550. The number of hydrogen-bond donors (Lipinski definition) is 2. The number of nitrogens with one attached hydrogen (secondary N) is 2. The second-order valence-electron chi connectivity index (χ2n) is 8.19. The van der Waals surface area contributed by atoms with Gasteiger partial charge in [0.05, 0.1) is 18.1 Å². The fourth-order valence-electron chi connectivity index (χ4n) is 3.57. The Bertz CT molecular complexity index is 895. The van der Waals surface area contributed by atoms with Gasteiger partial charge in [-0.3, -0.25) is 14.5 Å². The van der Waals surface area contributed by atoms with Gasteiger partial charge in [-0.1, -0.05) is 26.0 Å². The van der Waals surface area contributed by atoms with Gasteiger partial charge in [-0.05, 0) is 42.9 Å². The van der Waals surface area contributed by atoms with E-state index in [0.717, 1.165) is 11.3 Å².